The van der Waals surface area contributed by atoms with E-state index >= 15 is 0 Å². The normalized spacial score (nSPS) is 11.2. The van der Waals surface area contributed by atoms with Crippen molar-refractivity contribution in [1.29, 1.82) is 0 Å². The van der Waals surface area contributed by atoms with E-state index in [0.29, 0.717) is 16.3 Å². The molecule has 0 fully saturated rings. The fourth-order valence-corrected chi connectivity index (χ4v) is 7.40. The zero-order valence-corrected chi connectivity index (χ0v) is 22.5. The Morgan fingerprint density at radius 3 is 2.27 bits per heavy atom. The Balaban J connectivity index is 2.04. The summed E-state index contributed by atoms with van der Waals surface area (Å²) in [5.41, 5.74) is 1.45. The zero-order chi connectivity index (χ0) is 22.5. The van der Waals surface area contributed by atoms with Gasteiger partial charge in [0.15, 0.2) is 0 Å². The topological polar surface area (TPSA) is 110 Å². The van der Waals surface area contributed by atoms with Gasteiger partial charge in [0.1, 0.15) is 13.2 Å². The summed E-state index contributed by atoms with van der Waals surface area (Å²) >= 11 is 5.84. The summed E-state index contributed by atoms with van der Waals surface area (Å²) in [4.78, 5) is 23.5. The van der Waals surface area contributed by atoms with Crippen molar-refractivity contribution in [2.24, 2.45) is 0 Å². The van der Waals surface area contributed by atoms with Crippen LogP contribution in [0.2, 0.25) is 0 Å². The molecule has 2 aromatic rings. The maximum absolute atomic E-state index is 12.5. The van der Waals surface area contributed by atoms with E-state index in [9.17, 15) is 23.1 Å². The lowest BCUT2D eigenvalue weighted by atomic mass is 10.1. The first-order valence-corrected chi connectivity index (χ1v) is 12.9. The lowest BCUT2D eigenvalue weighted by molar-refractivity contribution is -0.304. The van der Waals surface area contributed by atoms with Crippen molar-refractivity contribution >= 4 is 95.9 Å². The number of ether oxygens (including phenoxy) is 1. The van der Waals surface area contributed by atoms with Crippen LogP contribution in [0.25, 0.3) is 6.08 Å². The van der Waals surface area contributed by atoms with E-state index < -0.39 is 22.1 Å². The Morgan fingerprint density at radius 2 is 1.70 bits per heavy atom. The van der Waals surface area contributed by atoms with Gasteiger partial charge in [-0.25, -0.2) is 4.79 Å². The smallest absolute Gasteiger partial charge is 0.340 e. The van der Waals surface area contributed by atoms with E-state index in [1.165, 1.54) is 12.1 Å². The van der Waals surface area contributed by atoms with E-state index in [2.05, 4.69) is 6.58 Å². The predicted octanol–water partition coefficient (Wildman–Crippen LogP) is 3.00. The molecule has 2 aromatic carbocycles. The fraction of sp³-hybridized carbons (Fsp3) is 0.158. The van der Waals surface area contributed by atoms with Gasteiger partial charge in [0.2, 0.25) is 0 Å². The quantitative estimate of drug-likeness (QED) is 0.167. The molecule has 2 rings (SSSR count). The number of hydrogen-bond acceptors (Lipinski definition) is 7. The molecule has 0 unspecified atom stereocenters. The van der Waals surface area contributed by atoms with Gasteiger partial charge in [-0.05, 0) is 97.1 Å². The highest BCUT2D eigenvalue weighted by Crippen LogP contribution is 2.28. The molecule has 0 atom stereocenters. The van der Waals surface area contributed by atoms with Crippen LogP contribution in [0, 0.1) is 10.7 Å². The number of carboxylic acids is 1. The number of halogens is 3. The van der Waals surface area contributed by atoms with Crippen molar-refractivity contribution in [2.45, 2.75) is 11.3 Å². The number of aliphatic carboxylic acids is 1. The first kappa shape index (κ1) is 25.5. The molecule has 30 heavy (non-hydrogen) atoms. The van der Waals surface area contributed by atoms with Crippen LogP contribution < -0.4 is 5.11 Å². The molecule has 0 radical (unpaired) electrons. The monoisotopic (exact) mass is 767 g/mol. The van der Waals surface area contributed by atoms with Crippen LogP contribution in [0.3, 0.4) is 0 Å². The van der Waals surface area contributed by atoms with Crippen LogP contribution in [0.15, 0.2) is 41.8 Å². The van der Waals surface area contributed by atoms with Crippen molar-refractivity contribution in [3.05, 3.63) is 64.3 Å². The molecule has 0 heterocycles. The van der Waals surface area contributed by atoms with Crippen LogP contribution in [0.4, 0.5) is 0 Å². The number of carboxylic acid groups (broad SMARTS) is 1. The molecule has 0 aromatic heterocycles. The average molecular weight is 767 g/mol. The molecule has 0 spiro atoms. The maximum Gasteiger partial charge on any atom is 0.340 e. The number of benzene rings is 2. The summed E-state index contributed by atoms with van der Waals surface area (Å²) in [5.74, 6) is -1.96. The van der Waals surface area contributed by atoms with Crippen LogP contribution >= 0.6 is 67.8 Å². The molecule has 0 saturated heterocycles. The minimum atomic E-state index is -3.99. The van der Waals surface area contributed by atoms with Crippen molar-refractivity contribution in [1.82, 2.24) is 0 Å². The molecule has 7 nitrogen and oxygen atoms in total. The van der Waals surface area contributed by atoms with Gasteiger partial charge < -0.3 is 14.6 Å². The van der Waals surface area contributed by atoms with Crippen molar-refractivity contribution in [3.8, 4) is 0 Å². The van der Waals surface area contributed by atoms with Crippen LogP contribution in [0.5, 0.6) is 0 Å². The summed E-state index contributed by atoms with van der Waals surface area (Å²) in [6, 6.07) is 7.65. The van der Waals surface area contributed by atoms with Gasteiger partial charge in [-0.15, -0.1) is 0 Å². The van der Waals surface area contributed by atoms with Crippen LogP contribution in [-0.2, 0) is 30.3 Å². The van der Waals surface area contributed by atoms with Gasteiger partial charge in [-0.3, -0.25) is 4.18 Å². The van der Waals surface area contributed by atoms with Gasteiger partial charge in [0, 0.05) is 23.1 Å². The average Bonchev–Trinajstić information content (AvgIpc) is 2.68. The first-order chi connectivity index (χ1) is 14.1. The van der Waals surface area contributed by atoms with E-state index in [4.69, 9.17) is 8.92 Å². The first-order valence-electron chi connectivity index (χ1n) is 8.22. The number of esters is 1. The molecule has 0 saturated carbocycles. The molecule has 0 aliphatic rings. The molecule has 0 bridgehead atoms. The highest BCUT2D eigenvalue weighted by atomic mass is 127. The molecule has 0 amide bonds. The number of carbonyl (C=O) groups is 2. The Morgan fingerprint density at radius 1 is 1.07 bits per heavy atom. The highest BCUT2D eigenvalue weighted by Gasteiger charge is 2.22. The largest absolute Gasteiger partial charge is 0.550 e. The number of rotatable bonds is 9. The van der Waals surface area contributed by atoms with E-state index in [0.717, 1.165) is 5.56 Å². The Hall–Kier alpha value is -0.780. The van der Waals surface area contributed by atoms with Crippen molar-refractivity contribution in [3.63, 3.8) is 0 Å². The van der Waals surface area contributed by atoms with E-state index in [1.54, 1.807) is 24.3 Å². The molecule has 0 N–H and O–H groups in total. The molecule has 11 heteroatoms. The third kappa shape index (κ3) is 6.61. The number of hydrogen-bond donors (Lipinski definition) is 0. The van der Waals surface area contributed by atoms with Crippen LogP contribution in [0.1, 0.15) is 21.5 Å². The predicted molar refractivity (Wildman–Crippen MR) is 133 cm³/mol. The molecule has 0 aliphatic carbocycles. The fourth-order valence-electron chi connectivity index (χ4n) is 2.31. The molecular weight excluding hydrogens is 753 g/mol. The minimum Gasteiger partial charge on any atom is -0.550 e. The second-order valence-electron chi connectivity index (χ2n) is 5.74. The molecular formula is C19H14I3O7S-. The third-order valence-electron chi connectivity index (χ3n) is 3.75. The van der Waals surface area contributed by atoms with E-state index in [-0.39, 0.29) is 30.1 Å². The maximum atomic E-state index is 12.5. The standard InChI is InChI=1S/C19H15I3O7S/c1-2-11-3-5-12(6-4-11)30(26,27)29-8-7-28-19(25)17-15(21)10-14(20)13(18(17)22)9-16(23)24/h2-6,10H,1,7-9H2,(H,23,24)/p-1. The van der Waals surface area contributed by atoms with Crippen molar-refractivity contribution < 1.29 is 32.0 Å². The third-order valence-corrected chi connectivity index (χ3v) is 8.08. The van der Waals surface area contributed by atoms with Gasteiger partial charge in [0.25, 0.3) is 10.1 Å². The van der Waals surface area contributed by atoms with E-state index in [1.807, 2.05) is 67.8 Å². The summed E-state index contributed by atoms with van der Waals surface area (Å²) < 4.78 is 36.2. The summed E-state index contributed by atoms with van der Waals surface area (Å²) in [6.45, 7) is 2.94. The lowest BCUT2D eigenvalue weighted by Crippen LogP contribution is -2.26. The summed E-state index contributed by atoms with van der Waals surface area (Å²) in [7, 11) is -3.99. The summed E-state index contributed by atoms with van der Waals surface area (Å²) in [6.07, 6.45) is 1.25. The summed E-state index contributed by atoms with van der Waals surface area (Å²) in [5, 5.41) is 11.0. The second-order valence-corrected chi connectivity index (χ2v) is 10.8. The van der Waals surface area contributed by atoms with Gasteiger partial charge in [-0.2, -0.15) is 8.42 Å². The lowest BCUT2D eigenvalue weighted by Gasteiger charge is -2.14. The zero-order valence-electron chi connectivity index (χ0n) is 15.2. The Kier molecular flexibility index (Phi) is 9.51. The molecule has 0 aliphatic heterocycles. The second kappa shape index (κ2) is 11.2. The van der Waals surface area contributed by atoms with Crippen LogP contribution in [-0.4, -0.2) is 33.6 Å². The number of carbonyl (C=O) groups excluding carboxylic acids is 2. The Bertz CT molecular complexity index is 1080. The van der Waals surface area contributed by atoms with Crippen molar-refractivity contribution in [2.75, 3.05) is 13.2 Å². The SMILES string of the molecule is C=Cc1ccc(S(=O)(=O)OCCOC(=O)c2c(I)cc(I)c(CC(=O)[O-])c2I)cc1. The Labute approximate surface area is 214 Å². The minimum absolute atomic E-state index is 0.0203. The van der Waals surface area contributed by atoms with Gasteiger partial charge in [-0.1, -0.05) is 24.8 Å². The van der Waals surface area contributed by atoms with Gasteiger partial charge >= 0.3 is 5.97 Å². The highest BCUT2D eigenvalue weighted by molar-refractivity contribution is 14.1. The van der Waals surface area contributed by atoms with Gasteiger partial charge in [0.05, 0.1) is 10.5 Å². The molecule has 160 valence electrons.